The van der Waals surface area contributed by atoms with E-state index in [1.807, 2.05) is 0 Å². The highest BCUT2D eigenvalue weighted by Gasteiger charge is 2.26. The van der Waals surface area contributed by atoms with E-state index >= 15 is 0 Å². The highest BCUT2D eigenvalue weighted by Crippen LogP contribution is 2.43. The third kappa shape index (κ3) is 46.3. The molecule has 0 heterocycles. The normalized spacial score (nSPS) is 13.2. The molecule has 2 unspecified atom stereocenters. The summed E-state index contributed by atoms with van der Waals surface area (Å²) in [5, 5.41) is 0. The average molecular weight is 872 g/mol. The first kappa shape index (κ1) is 58.8. The molecule has 0 bridgehead atoms. The molecule has 0 aliphatic heterocycles. The molecule has 0 rings (SSSR count). The number of allylic oxidation sites excluding steroid dienone is 2. The number of carbonyl (C=O) groups excluding carboxylic acids is 2. The Morgan fingerprint density at radius 3 is 1.18 bits per heavy atom. The molecule has 0 aliphatic carbocycles. The highest BCUT2D eigenvalue weighted by atomic mass is 31.2. The maximum Gasteiger partial charge on any atom is 0.472 e. The summed E-state index contributed by atoms with van der Waals surface area (Å²) in [6, 6.07) is 0. The van der Waals surface area contributed by atoms with Crippen molar-refractivity contribution in [3.05, 3.63) is 12.2 Å². The van der Waals surface area contributed by atoms with Gasteiger partial charge in [-0.05, 0) is 38.5 Å². The van der Waals surface area contributed by atoms with E-state index in [2.05, 4.69) is 26.0 Å². The zero-order valence-electron chi connectivity index (χ0n) is 39.5. The summed E-state index contributed by atoms with van der Waals surface area (Å²) in [5.41, 5.74) is 5.37. The molecule has 0 fully saturated rings. The number of phosphoric ester groups is 1. The minimum atomic E-state index is -4.38. The summed E-state index contributed by atoms with van der Waals surface area (Å²) in [4.78, 5) is 35.0. The van der Waals surface area contributed by atoms with Gasteiger partial charge in [0.25, 0.3) is 0 Å². The van der Waals surface area contributed by atoms with E-state index < -0.39 is 26.5 Å². The van der Waals surface area contributed by atoms with E-state index in [4.69, 9.17) is 24.3 Å². The minimum absolute atomic E-state index is 0.0558. The first-order valence-electron chi connectivity index (χ1n) is 25.7. The topological polar surface area (TPSA) is 134 Å². The van der Waals surface area contributed by atoms with Gasteiger partial charge in [0.15, 0.2) is 6.10 Å². The lowest BCUT2D eigenvalue weighted by Gasteiger charge is -2.19. The Morgan fingerprint density at radius 2 is 0.817 bits per heavy atom. The van der Waals surface area contributed by atoms with Crippen molar-refractivity contribution in [1.82, 2.24) is 0 Å². The zero-order valence-corrected chi connectivity index (χ0v) is 40.4. The molecule has 0 aromatic rings. The van der Waals surface area contributed by atoms with Crippen LogP contribution in [0.25, 0.3) is 0 Å². The lowest BCUT2D eigenvalue weighted by Crippen LogP contribution is -2.29. The molecule has 0 saturated heterocycles. The van der Waals surface area contributed by atoms with Crippen molar-refractivity contribution < 1.29 is 37.6 Å². The Balaban J connectivity index is 3.99. The van der Waals surface area contributed by atoms with E-state index in [-0.39, 0.29) is 38.6 Å². The van der Waals surface area contributed by atoms with Crippen LogP contribution in [0.3, 0.4) is 0 Å². The van der Waals surface area contributed by atoms with E-state index in [0.29, 0.717) is 6.42 Å². The van der Waals surface area contributed by atoms with E-state index in [0.717, 1.165) is 44.9 Å². The minimum Gasteiger partial charge on any atom is -0.462 e. The van der Waals surface area contributed by atoms with Crippen LogP contribution in [0.4, 0.5) is 0 Å². The lowest BCUT2D eigenvalue weighted by atomic mass is 10.0. The van der Waals surface area contributed by atoms with Gasteiger partial charge in [0.05, 0.1) is 13.2 Å². The van der Waals surface area contributed by atoms with Crippen LogP contribution in [0.2, 0.25) is 0 Å². The van der Waals surface area contributed by atoms with Crippen LogP contribution in [-0.4, -0.2) is 49.3 Å². The molecule has 0 spiro atoms. The molecule has 10 heteroatoms. The molecule has 0 aliphatic rings. The van der Waals surface area contributed by atoms with Crippen LogP contribution >= 0.6 is 7.82 Å². The Kier molecular flexibility index (Phi) is 46.3. The summed E-state index contributed by atoms with van der Waals surface area (Å²) in [6.07, 6.45) is 51.1. The van der Waals surface area contributed by atoms with Crippen molar-refractivity contribution in [2.45, 2.75) is 270 Å². The monoisotopic (exact) mass is 872 g/mol. The van der Waals surface area contributed by atoms with Gasteiger partial charge in [-0.25, -0.2) is 4.57 Å². The molecule has 0 amide bonds. The van der Waals surface area contributed by atoms with Crippen molar-refractivity contribution in [1.29, 1.82) is 0 Å². The number of hydrogen-bond acceptors (Lipinski definition) is 8. The fourth-order valence-corrected chi connectivity index (χ4v) is 8.34. The van der Waals surface area contributed by atoms with Crippen molar-refractivity contribution in [3.63, 3.8) is 0 Å². The Bertz CT molecular complexity index is 995. The molecule has 356 valence electrons. The zero-order chi connectivity index (χ0) is 43.9. The number of phosphoric acid groups is 1. The van der Waals surface area contributed by atoms with Crippen LogP contribution in [0, 0.1) is 0 Å². The lowest BCUT2D eigenvalue weighted by molar-refractivity contribution is -0.161. The summed E-state index contributed by atoms with van der Waals surface area (Å²) in [6.45, 7) is 3.78. The van der Waals surface area contributed by atoms with Gasteiger partial charge in [-0.3, -0.25) is 18.6 Å². The van der Waals surface area contributed by atoms with Crippen LogP contribution in [0.15, 0.2) is 12.2 Å². The molecule has 2 atom stereocenters. The molecule has 60 heavy (non-hydrogen) atoms. The first-order chi connectivity index (χ1) is 29.3. The van der Waals surface area contributed by atoms with Gasteiger partial charge < -0.3 is 20.1 Å². The van der Waals surface area contributed by atoms with Gasteiger partial charge >= 0.3 is 19.8 Å². The van der Waals surface area contributed by atoms with Crippen molar-refractivity contribution >= 4 is 19.8 Å². The number of rotatable bonds is 49. The number of nitrogens with two attached hydrogens (primary N) is 1. The predicted molar refractivity (Wildman–Crippen MR) is 252 cm³/mol. The maximum atomic E-state index is 12.6. The second kappa shape index (κ2) is 47.2. The third-order valence-electron chi connectivity index (χ3n) is 11.4. The molecular formula is C50H98NO8P. The van der Waals surface area contributed by atoms with Crippen molar-refractivity contribution in [2.75, 3.05) is 26.4 Å². The molecule has 3 N–H and O–H groups in total. The standard InChI is InChI=1S/C50H98NO8P/c1-3-5-7-9-11-13-15-17-19-21-22-23-24-25-27-28-30-32-34-36-38-40-42-49(52)56-46-48(47-58-60(54,55)57-45-44-51)59-50(53)43-41-39-37-35-33-31-29-26-20-18-16-14-12-10-8-6-4-2/h18,20,48H,3-17,19,21-47,51H2,1-2H3,(H,54,55)/b20-18-. The molecule has 0 saturated carbocycles. The molecule has 9 nitrogen and oxygen atoms in total. The molecule has 0 aromatic heterocycles. The molecule has 0 radical (unpaired) electrons. The Morgan fingerprint density at radius 1 is 0.483 bits per heavy atom. The Labute approximate surface area is 370 Å². The second-order valence-corrected chi connectivity index (χ2v) is 18.9. The highest BCUT2D eigenvalue weighted by molar-refractivity contribution is 7.47. The Hall–Kier alpha value is -1.25. The van der Waals surface area contributed by atoms with E-state index in [1.54, 1.807) is 0 Å². The van der Waals surface area contributed by atoms with Crippen molar-refractivity contribution in [2.24, 2.45) is 5.73 Å². The van der Waals surface area contributed by atoms with Gasteiger partial charge in [0.1, 0.15) is 6.61 Å². The quantitative estimate of drug-likeness (QED) is 0.0265. The van der Waals surface area contributed by atoms with Crippen LogP contribution in [-0.2, 0) is 32.7 Å². The first-order valence-corrected chi connectivity index (χ1v) is 27.2. The summed E-state index contributed by atoms with van der Waals surface area (Å²) < 4.78 is 32.9. The van der Waals surface area contributed by atoms with Crippen molar-refractivity contribution in [3.8, 4) is 0 Å². The number of hydrogen-bond donors (Lipinski definition) is 2. The summed E-state index contributed by atoms with van der Waals surface area (Å²) in [7, 11) is -4.38. The predicted octanol–water partition coefficient (Wildman–Crippen LogP) is 15.3. The average Bonchev–Trinajstić information content (AvgIpc) is 3.24. The smallest absolute Gasteiger partial charge is 0.462 e. The van der Waals surface area contributed by atoms with Gasteiger partial charge in [-0.15, -0.1) is 0 Å². The summed E-state index contributed by atoms with van der Waals surface area (Å²) in [5.74, 6) is -0.817. The maximum absolute atomic E-state index is 12.6. The number of carbonyl (C=O) groups is 2. The summed E-state index contributed by atoms with van der Waals surface area (Å²) >= 11 is 0. The largest absolute Gasteiger partial charge is 0.472 e. The number of ether oxygens (including phenoxy) is 2. The molecule has 0 aromatic carbocycles. The van der Waals surface area contributed by atoms with Crippen LogP contribution in [0.5, 0.6) is 0 Å². The van der Waals surface area contributed by atoms with Gasteiger partial charge in [-0.2, -0.15) is 0 Å². The van der Waals surface area contributed by atoms with Gasteiger partial charge in [0.2, 0.25) is 0 Å². The fraction of sp³-hybridized carbons (Fsp3) is 0.920. The SMILES string of the molecule is CCCCCCCC/C=C\CCCCCCCCCC(=O)OC(COC(=O)CCCCCCCCCCCCCCCCCCCCCCCC)COP(=O)(O)OCCN. The van der Waals surface area contributed by atoms with E-state index in [9.17, 15) is 19.0 Å². The van der Waals surface area contributed by atoms with E-state index in [1.165, 1.54) is 186 Å². The number of unbranched alkanes of at least 4 members (excludes halogenated alkanes) is 34. The van der Waals surface area contributed by atoms with Crippen LogP contribution in [0.1, 0.15) is 264 Å². The fourth-order valence-electron chi connectivity index (χ4n) is 7.57. The van der Waals surface area contributed by atoms with Crippen LogP contribution < -0.4 is 5.73 Å². The van der Waals surface area contributed by atoms with Gasteiger partial charge in [0, 0.05) is 19.4 Å². The molecular weight excluding hydrogens is 774 g/mol. The van der Waals surface area contributed by atoms with Gasteiger partial charge in [-0.1, -0.05) is 225 Å². The third-order valence-corrected chi connectivity index (χ3v) is 12.4. The second-order valence-electron chi connectivity index (χ2n) is 17.4. The number of esters is 2.